The van der Waals surface area contributed by atoms with E-state index in [-0.39, 0.29) is 5.75 Å². The maximum Gasteiger partial charge on any atom is 0.160 e. The minimum Gasteiger partial charge on any atom is -0.504 e. The van der Waals surface area contributed by atoms with Crippen LogP contribution < -0.4 is 10.1 Å². The van der Waals surface area contributed by atoms with Gasteiger partial charge < -0.3 is 15.2 Å². The normalized spacial score (nSPS) is 21.4. The lowest BCUT2D eigenvalue weighted by molar-refractivity contribution is 0.199. The Balaban J connectivity index is 2.02. The monoisotopic (exact) mass is 236 g/mol. The molecule has 2 N–H and O–H groups in total. The molecule has 0 spiro atoms. The van der Waals surface area contributed by atoms with E-state index in [0.29, 0.717) is 11.8 Å². The van der Waals surface area contributed by atoms with Crippen LogP contribution in [0.15, 0.2) is 18.2 Å². The standard InChI is InChI=1S/C13H20N2O2/c1-10-8-15(6-5-14-10)9-11-3-4-12(16)13(7-11)17-2/h3-4,7,10,14,16H,5-6,8-9H2,1-2H3. The maximum atomic E-state index is 9.53. The van der Waals surface area contributed by atoms with Crippen LogP contribution in [-0.2, 0) is 6.54 Å². The molecule has 1 aliphatic rings. The van der Waals surface area contributed by atoms with Gasteiger partial charge in [-0.15, -0.1) is 0 Å². The van der Waals surface area contributed by atoms with E-state index in [2.05, 4.69) is 17.1 Å². The second-order valence-corrected chi connectivity index (χ2v) is 4.60. The van der Waals surface area contributed by atoms with Crippen molar-refractivity contribution in [2.75, 3.05) is 26.7 Å². The number of benzene rings is 1. The Labute approximate surface area is 102 Å². The van der Waals surface area contributed by atoms with Crippen molar-refractivity contribution in [2.24, 2.45) is 0 Å². The van der Waals surface area contributed by atoms with Gasteiger partial charge in [0.15, 0.2) is 11.5 Å². The van der Waals surface area contributed by atoms with Crippen molar-refractivity contribution in [3.05, 3.63) is 23.8 Å². The van der Waals surface area contributed by atoms with Gasteiger partial charge in [0.05, 0.1) is 7.11 Å². The molecule has 1 aromatic rings. The number of phenolic OH excluding ortho intramolecular Hbond substituents is 1. The third kappa shape index (κ3) is 3.11. The Morgan fingerprint density at radius 3 is 3.06 bits per heavy atom. The van der Waals surface area contributed by atoms with Gasteiger partial charge in [-0.25, -0.2) is 0 Å². The number of nitrogens with one attached hydrogen (secondary N) is 1. The molecule has 1 aromatic carbocycles. The third-order valence-electron chi connectivity index (χ3n) is 3.10. The predicted octanol–water partition coefficient (Wildman–Crippen LogP) is 1.19. The smallest absolute Gasteiger partial charge is 0.160 e. The van der Waals surface area contributed by atoms with Crippen molar-refractivity contribution < 1.29 is 9.84 Å². The number of ether oxygens (including phenoxy) is 1. The third-order valence-corrected chi connectivity index (χ3v) is 3.10. The zero-order valence-corrected chi connectivity index (χ0v) is 10.4. The van der Waals surface area contributed by atoms with Gasteiger partial charge >= 0.3 is 0 Å². The zero-order valence-electron chi connectivity index (χ0n) is 10.4. The summed E-state index contributed by atoms with van der Waals surface area (Å²) in [7, 11) is 1.58. The topological polar surface area (TPSA) is 44.7 Å². The van der Waals surface area contributed by atoms with Gasteiger partial charge in [-0.3, -0.25) is 4.90 Å². The highest BCUT2D eigenvalue weighted by molar-refractivity contribution is 5.41. The Kier molecular flexibility index (Phi) is 3.86. The highest BCUT2D eigenvalue weighted by Crippen LogP contribution is 2.26. The van der Waals surface area contributed by atoms with Crippen LogP contribution in [0, 0.1) is 0 Å². The number of hydrogen-bond acceptors (Lipinski definition) is 4. The number of rotatable bonds is 3. The number of hydrogen-bond donors (Lipinski definition) is 2. The average molecular weight is 236 g/mol. The minimum absolute atomic E-state index is 0.199. The highest BCUT2D eigenvalue weighted by Gasteiger charge is 2.15. The molecule has 4 heteroatoms. The first-order valence-corrected chi connectivity index (χ1v) is 6.00. The van der Waals surface area contributed by atoms with E-state index in [9.17, 15) is 5.11 Å². The number of methoxy groups -OCH3 is 1. The molecule has 0 aromatic heterocycles. The molecule has 94 valence electrons. The molecule has 0 saturated carbocycles. The van der Waals surface area contributed by atoms with E-state index in [0.717, 1.165) is 26.2 Å². The number of nitrogens with zero attached hydrogens (tertiary/aromatic N) is 1. The van der Waals surface area contributed by atoms with Gasteiger partial charge in [0.25, 0.3) is 0 Å². The molecule has 1 fully saturated rings. The fourth-order valence-corrected chi connectivity index (χ4v) is 2.23. The van der Waals surface area contributed by atoms with E-state index in [1.807, 2.05) is 12.1 Å². The Morgan fingerprint density at radius 2 is 2.35 bits per heavy atom. The van der Waals surface area contributed by atoms with Crippen molar-refractivity contribution in [1.82, 2.24) is 10.2 Å². The Bertz CT molecular complexity index is 382. The summed E-state index contributed by atoms with van der Waals surface area (Å²) < 4.78 is 5.12. The predicted molar refractivity (Wildman–Crippen MR) is 67.4 cm³/mol. The van der Waals surface area contributed by atoms with Crippen LogP contribution in [0.1, 0.15) is 12.5 Å². The molecule has 0 radical (unpaired) electrons. The minimum atomic E-state index is 0.199. The molecule has 17 heavy (non-hydrogen) atoms. The first kappa shape index (κ1) is 12.2. The van der Waals surface area contributed by atoms with Gasteiger partial charge in [0, 0.05) is 32.2 Å². The van der Waals surface area contributed by atoms with Crippen LogP contribution in [0.2, 0.25) is 0 Å². The summed E-state index contributed by atoms with van der Waals surface area (Å²) in [5.41, 5.74) is 1.17. The summed E-state index contributed by atoms with van der Waals surface area (Å²) in [6.07, 6.45) is 0. The molecule has 0 amide bonds. The van der Waals surface area contributed by atoms with Gasteiger partial charge in [0.1, 0.15) is 0 Å². The largest absolute Gasteiger partial charge is 0.504 e. The van der Waals surface area contributed by atoms with Crippen molar-refractivity contribution >= 4 is 0 Å². The van der Waals surface area contributed by atoms with Crippen LogP contribution in [0.4, 0.5) is 0 Å². The first-order valence-electron chi connectivity index (χ1n) is 6.00. The lowest BCUT2D eigenvalue weighted by atomic mass is 10.1. The molecule has 0 aliphatic carbocycles. The summed E-state index contributed by atoms with van der Waals surface area (Å²) >= 11 is 0. The van der Waals surface area contributed by atoms with Crippen LogP contribution in [-0.4, -0.2) is 42.8 Å². The van der Waals surface area contributed by atoms with E-state index in [4.69, 9.17) is 4.74 Å². The molecule has 1 atom stereocenters. The van der Waals surface area contributed by atoms with E-state index in [1.54, 1.807) is 13.2 Å². The fraction of sp³-hybridized carbons (Fsp3) is 0.538. The maximum absolute atomic E-state index is 9.53. The second kappa shape index (κ2) is 5.38. The zero-order chi connectivity index (χ0) is 12.3. The fourth-order valence-electron chi connectivity index (χ4n) is 2.23. The van der Waals surface area contributed by atoms with Crippen molar-refractivity contribution in [2.45, 2.75) is 19.5 Å². The van der Waals surface area contributed by atoms with Crippen LogP contribution >= 0.6 is 0 Å². The summed E-state index contributed by atoms with van der Waals surface area (Å²) in [4.78, 5) is 2.41. The lowest BCUT2D eigenvalue weighted by Gasteiger charge is -2.31. The molecular weight excluding hydrogens is 216 g/mol. The van der Waals surface area contributed by atoms with Gasteiger partial charge in [-0.2, -0.15) is 0 Å². The molecule has 1 saturated heterocycles. The Morgan fingerprint density at radius 1 is 1.53 bits per heavy atom. The van der Waals surface area contributed by atoms with Crippen molar-refractivity contribution in [3.63, 3.8) is 0 Å². The number of phenols is 1. The number of aromatic hydroxyl groups is 1. The summed E-state index contributed by atoms with van der Waals surface area (Å²) in [6.45, 7) is 6.26. The molecule has 0 bridgehead atoms. The Hall–Kier alpha value is -1.26. The molecule has 4 nitrogen and oxygen atoms in total. The van der Waals surface area contributed by atoms with Gasteiger partial charge in [-0.05, 0) is 24.6 Å². The highest BCUT2D eigenvalue weighted by atomic mass is 16.5. The van der Waals surface area contributed by atoms with Crippen LogP contribution in [0.3, 0.4) is 0 Å². The van der Waals surface area contributed by atoms with E-state index >= 15 is 0 Å². The van der Waals surface area contributed by atoms with Crippen molar-refractivity contribution in [3.8, 4) is 11.5 Å². The molecule has 1 heterocycles. The van der Waals surface area contributed by atoms with E-state index in [1.165, 1.54) is 5.56 Å². The average Bonchev–Trinajstić information content (AvgIpc) is 2.32. The second-order valence-electron chi connectivity index (χ2n) is 4.60. The number of piperazine rings is 1. The van der Waals surface area contributed by atoms with Gasteiger partial charge in [-0.1, -0.05) is 6.07 Å². The van der Waals surface area contributed by atoms with Crippen LogP contribution in [0.5, 0.6) is 11.5 Å². The summed E-state index contributed by atoms with van der Waals surface area (Å²) in [5, 5.41) is 13.0. The quantitative estimate of drug-likeness (QED) is 0.827. The molecule has 1 aliphatic heterocycles. The van der Waals surface area contributed by atoms with Crippen molar-refractivity contribution in [1.29, 1.82) is 0 Å². The molecule has 1 unspecified atom stereocenters. The molecule has 2 rings (SSSR count). The lowest BCUT2D eigenvalue weighted by Crippen LogP contribution is -2.48. The molecular formula is C13H20N2O2. The van der Waals surface area contributed by atoms with E-state index < -0.39 is 0 Å². The van der Waals surface area contributed by atoms with Crippen LogP contribution in [0.25, 0.3) is 0 Å². The van der Waals surface area contributed by atoms with Gasteiger partial charge in [0.2, 0.25) is 0 Å². The SMILES string of the molecule is COc1cc(CN2CCNC(C)C2)ccc1O. The summed E-state index contributed by atoms with van der Waals surface area (Å²) in [5.74, 6) is 0.746. The first-order chi connectivity index (χ1) is 8.19. The summed E-state index contributed by atoms with van der Waals surface area (Å²) in [6, 6.07) is 6.09.